The molecule has 1 atom stereocenters. The first-order valence-electron chi connectivity index (χ1n) is 8.49. The van der Waals surface area contributed by atoms with Crippen LogP contribution in [0.2, 0.25) is 0 Å². The van der Waals surface area contributed by atoms with Gasteiger partial charge in [-0.1, -0.05) is 12.1 Å². The van der Waals surface area contributed by atoms with Crippen LogP contribution < -0.4 is 9.46 Å². The summed E-state index contributed by atoms with van der Waals surface area (Å²) >= 11 is 1.58. The second-order valence-corrected chi connectivity index (χ2v) is 8.89. The number of sulfonamides is 1. The van der Waals surface area contributed by atoms with Gasteiger partial charge in [-0.3, -0.25) is 4.98 Å². The van der Waals surface area contributed by atoms with Crippen molar-refractivity contribution >= 4 is 21.4 Å². The summed E-state index contributed by atoms with van der Waals surface area (Å²) in [5.74, 6) is 0.319. The molecular formula is C20H22N2O3S2. The molecule has 1 aromatic carbocycles. The topological polar surface area (TPSA) is 68.3 Å². The first-order chi connectivity index (χ1) is 12.9. The zero-order chi connectivity index (χ0) is 19.4. The lowest BCUT2D eigenvalue weighted by Crippen LogP contribution is -2.31. The highest BCUT2D eigenvalue weighted by molar-refractivity contribution is 7.89. The molecule has 2 aromatic heterocycles. The van der Waals surface area contributed by atoms with Gasteiger partial charge in [-0.25, -0.2) is 13.1 Å². The van der Waals surface area contributed by atoms with Gasteiger partial charge >= 0.3 is 0 Å². The number of thiophene rings is 1. The Labute approximate surface area is 164 Å². The molecule has 27 heavy (non-hydrogen) atoms. The fourth-order valence-electron chi connectivity index (χ4n) is 2.78. The van der Waals surface area contributed by atoms with Gasteiger partial charge in [0.15, 0.2) is 0 Å². The molecule has 0 radical (unpaired) electrons. The Balaban J connectivity index is 1.97. The monoisotopic (exact) mass is 402 g/mol. The van der Waals surface area contributed by atoms with Gasteiger partial charge in [-0.2, -0.15) is 11.3 Å². The molecule has 1 N–H and O–H groups in total. The van der Waals surface area contributed by atoms with Crippen LogP contribution in [0.1, 0.15) is 28.4 Å². The Bertz CT molecular complexity index is 998. The molecular weight excluding hydrogens is 380 g/mol. The van der Waals surface area contributed by atoms with Crippen molar-refractivity contribution in [2.45, 2.75) is 31.2 Å². The minimum Gasteiger partial charge on any atom is -0.495 e. The first-order valence-corrected chi connectivity index (χ1v) is 10.9. The van der Waals surface area contributed by atoms with Crippen molar-refractivity contribution < 1.29 is 13.2 Å². The number of methoxy groups -OCH3 is 1. The number of ether oxygens (including phenoxy) is 1. The standard InChI is InChI=1S/C20H22N2O3S2/c1-14-5-7-19(25-3)20(10-14)27(23,24)22-18(11-16-8-9-26-13-16)17-6-4-15(2)12-21-17/h4-10,12-13,18,22H,11H2,1-3H3/t18-/m0/s1. The van der Waals surface area contributed by atoms with E-state index in [2.05, 4.69) is 9.71 Å². The van der Waals surface area contributed by atoms with Gasteiger partial charge in [0, 0.05) is 6.20 Å². The molecule has 5 nitrogen and oxygen atoms in total. The van der Waals surface area contributed by atoms with E-state index in [9.17, 15) is 8.42 Å². The summed E-state index contributed by atoms with van der Waals surface area (Å²) < 4.78 is 34.3. The summed E-state index contributed by atoms with van der Waals surface area (Å²) in [7, 11) is -2.33. The maximum absolute atomic E-state index is 13.1. The highest BCUT2D eigenvalue weighted by atomic mass is 32.2. The predicted molar refractivity (Wildman–Crippen MR) is 108 cm³/mol. The highest BCUT2D eigenvalue weighted by Crippen LogP contribution is 2.27. The van der Waals surface area contributed by atoms with Gasteiger partial charge < -0.3 is 4.74 Å². The third kappa shape index (κ3) is 4.74. The largest absolute Gasteiger partial charge is 0.495 e. The van der Waals surface area contributed by atoms with E-state index in [4.69, 9.17) is 4.74 Å². The molecule has 3 aromatic rings. The normalized spacial score (nSPS) is 12.7. The third-order valence-corrected chi connectivity index (χ3v) is 6.44. The van der Waals surface area contributed by atoms with Crippen molar-refractivity contribution in [2.75, 3.05) is 7.11 Å². The van der Waals surface area contributed by atoms with Crippen molar-refractivity contribution in [1.82, 2.24) is 9.71 Å². The summed E-state index contributed by atoms with van der Waals surface area (Å²) in [6.45, 7) is 3.80. The second-order valence-electron chi connectivity index (χ2n) is 6.42. The number of hydrogen-bond acceptors (Lipinski definition) is 5. The molecule has 0 aliphatic rings. The van der Waals surface area contributed by atoms with Crippen LogP contribution >= 0.6 is 11.3 Å². The fraction of sp³-hybridized carbons (Fsp3) is 0.250. The molecule has 0 saturated carbocycles. The van der Waals surface area contributed by atoms with Crippen LogP contribution in [0.15, 0.2) is 58.3 Å². The molecule has 2 heterocycles. The minimum absolute atomic E-state index is 0.132. The number of benzene rings is 1. The van der Waals surface area contributed by atoms with Gasteiger partial charge in [-0.05, 0) is 72.0 Å². The smallest absolute Gasteiger partial charge is 0.244 e. The lowest BCUT2D eigenvalue weighted by molar-refractivity contribution is 0.401. The van der Waals surface area contributed by atoms with Crippen molar-refractivity contribution in [3.8, 4) is 5.75 Å². The van der Waals surface area contributed by atoms with Crippen molar-refractivity contribution in [1.29, 1.82) is 0 Å². The fourth-order valence-corrected chi connectivity index (χ4v) is 4.93. The first kappa shape index (κ1) is 19.5. The molecule has 0 unspecified atom stereocenters. The highest BCUT2D eigenvalue weighted by Gasteiger charge is 2.26. The third-order valence-electron chi connectivity index (χ3n) is 4.22. The van der Waals surface area contributed by atoms with Crippen molar-refractivity contribution in [3.63, 3.8) is 0 Å². The SMILES string of the molecule is COc1ccc(C)cc1S(=O)(=O)N[C@@H](Cc1ccsc1)c1ccc(C)cn1. The average molecular weight is 403 g/mol. The number of aromatic nitrogens is 1. The Morgan fingerprint density at radius 1 is 1.15 bits per heavy atom. The zero-order valence-corrected chi connectivity index (χ0v) is 17.1. The maximum atomic E-state index is 13.1. The molecule has 0 aliphatic heterocycles. The number of aryl methyl sites for hydroxylation is 2. The molecule has 0 amide bonds. The Morgan fingerprint density at radius 3 is 2.56 bits per heavy atom. The number of pyridine rings is 1. The van der Waals surface area contributed by atoms with E-state index in [0.717, 1.165) is 16.7 Å². The van der Waals surface area contributed by atoms with Crippen molar-refractivity contribution in [2.24, 2.45) is 0 Å². The van der Waals surface area contributed by atoms with Gasteiger partial charge in [0.05, 0.1) is 18.8 Å². The summed E-state index contributed by atoms with van der Waals surface area (Å²) in [5.41, 5.74) is 3.61. The molecule has 3 rings (SSSR count). The van der Waals surface area contributed by atoms with Gasteiger partial charge in [0.1, 0.15) is 10.6 Å². The van der Waals surface area contributed by atoms with Crippen LogP contribution in [0.3, 0.4) is 0 Å². The van der Waals surface area contributed by atoms with Crippen LogP contribution in [-0.2, 0) is 16.4 Å². The summed E-state index contributed by atoms with van der Waals surface area (Å²) in [6.07, 6.45) is 2.27. The Morgan fingerprint density at radius 2 is 1.93 bits per heavy atom. The number of rotatable bonds is 7. The molecule has 0 bridgehead atoms. The molecule has 0 fully saturated rings. The van der Waals surface area contributed by atoms with Crippen LogP contribution in [0.5, 0.6) is 5.75 Å². The van der Waals surface area contributed by atoms with E-state index >= 15 is 0 Å². The summed E-state index contributed by atoms with van der Waals surface area (Å²) in [6, 6.07) is 10.4. The van der Waals surface area contributed by atoms with Crippen LogP contribution in [0.25, 0.3) is 0 Å². The van der Waals surface area contributed by atoms with Gasteiger partial charge in [0.25, 0.3) is 0 Å². The van der Waals surface area contributed by atoms with Crippen molar-refractivity contribution in [3.05, 3.63) is 75.7 Å². The van der Waals surface area contributed by atoms with Crippen LogP contribution in [0, 0.1) is 13.8 Å². The second kappa shape index (κ2) is 8.21. The average Bonchev–Trinajstić information content (AvgIpc) is 3.15. The van der Waals surface area contributed by atoms with E-state index in [1.807, 2.05) is 48.9 Å². The van der Waals surface area contributed by atoms with E-state index in [1.165, 1.54) is 7.11 Å². The minimum atomic E-state index is -3.80. The molecule has 7 heteroatoms. The number of nitrogens with one attached hydrogen (secondary N) is 1. The van der Waals surface area contributed by atoms with Gasteiger partial charge in [0.2, 0.25) is 10.0 Å². The molecule has 0 saturated heterocycles. The van der Waals surface area contributed by atoms with Gasteiger partial charge in [-0.15, -0.1) is 0 Å². The predicted octanol–water partition coefficient (Wildman–Crippen LogP) is 4.03. The molecule has 142 valence electrons. The Hall–Kier alpha value is -2.22. The van der Waals surface area contributed by atoms with E-state index in [1.54, 1.807) is 29.7 Å². The number of hydrogen-bond donors (Lipinski definition) is 1. The molecule has 0 aliphatic carbocycles. The quantitative estimate of drug-likeness (QED) is 0.648. The lowest BCUT2D eigenvalue weighted by Gasteiger charge is -2.19. The number of nitrogens with zero attached hydrogens (tertiary/aromatic N) is 1. The summed E-state index contributed by atoms with van der Waals surface area (Å²) in [5, 5.41) is 4.00. The maximum Gasteiger partial charge on any atom is 0.244 e. The van der Waals surface area contributed by atoms with Crippen LogP contribution in [-0.4, -0.2) is 20.5 Å². The zero-order valence-electron chi connectivity index (χ0n) is 15.5. The van der Waals surface area contributed by atoms with E-state index in [-0.39, 0.29) is 4.90 Å². The van der Waals surface area contributed by atoms with Crippen LogP contribution in [0.4, 0.5) is 0 Å². The lowest BCUT2D eigenvalue weighted by atomic mass is 10.1. The van der Waals surface area contributed by atoms with E-state index < -0.39 is 16.1 Å². The Kier molecular flexibility index (Phi) is 5.94. The summed E-state index contributed by atoms with van der Waals surface area (Å²) in [4.78, 5) is 4.57. The van der Waals surface area contributed by atoms with E-state index in [0.29, 0.717) is 17.9 Å². The molecule has 0 spiro atoms.